The normalized spacial score (nSPS) is 13.7. The van der Waals surface area contributed by atoms with Gasteiger partial charge in [0, 0.05) is 49.6 Å². The number of hydrogen-bond acceptors (Lipinski definition) is 4. The molecule has 3 atom stereocenters. The Morgan fingerprint density at radius 3 is 2.24 bits per heavy atom. The number of halogens is 2. The van der Waals surface area contributed by atoms with E-state index in [2.05, 4.69) is 10.6 Å². The molecule has 1 aromatic heterocycles. The lowest BCUT2D eigenvalue weighted by Gasteiger charge is -2.40. The first-order chi connectivity index (χ1) is 21.1. The summed E-state index contributed by atoms with van der Waals surface area (Å²) >= 11 is 0. The van der Waals surface area contributed by atoms with Crippen molar-refractivity contribution in [2.45, 2.75) is 79.6 Å². The van der Waals surface area contributed by atoms with Crippen LogP contribution >= 0.6 is 0 Å². The predicted molar refractivity (Wildman–Crippen MR) is 173 cm³/mol. The minimum Gasteiger partial charge on any atom is -0.354 e. The molecule has 10 heteroatoms. The van der Waals surface area contributed by atoms with E-state index in [9.17, 15) is 23.2 Å². The molecule has 0 unspecified atom stereocenters. The number of carbonyl (C=O) groups is 3. The van der Waals surface area contributed by atoms with E-state index in [4.69, 9.17) is 5.73 Å². The van der Waals surface area contributed by atoms with Gasteiger partial charge in [0.2, 0.25) is 17.7 Å². The maximum absolute atomic E-state index is 14.9. The molecule has 0 spiro atoms. The quantitative estimate of drug-likeness (QED) is 0.221. The summed E-state index contributed by atoms with van der Waals surface area (Å²) in [7, 11) is 0. The van der Waals surface area contributed by atoms with Crippen LogP contribution in [0.3, 0.4) is 0 Å². The highest BCUT2D eigenvalue weighted by molar-refractivity contribution is 5.89. The molecule has 1 heterocycles. The molecule has 0 aliphatic rings. The number of benzene rings is 2. The van der Waals surface area contributed by atoms with Crippen LogP contribution in [-0.2, 0) is 20.9 Å². The molecule has 8 nitrogen and oxygen atoms in total. The Labute approximate surface area is 265 Å². The van der Waals surface area contributed by atoms with Crippen molar-refractivity contribution in [3.8, 4) is 11.1 Å². The Bertz CT molecular complexity index is 1470. The highest BCUT2D eigenvalue weighted by atomic mass is 19.1. The van der Waals surface area contributed by atoms with Gasteiger partial charge in [-0.2, -0.15) is 0 Å². The van der Waals surface area contributed by atoms with Crippen molar-refractivity contribution in [1.82, 2.24) is 20.1 Å². The van der Waals surface area contributed by atoms with Crippen molar-refractivity contribution >= 4 is 17.7 Å². The molecule has 3 rings (SSSR count). The first kappa shape index (κ1) is 35.4. The highest BCUT2D eigenvalue weighted by Gasteiger charge is 2.36. The van der Waals surface area contributed by atoms with Crippen LogP contribution in [0.15, 0.2) is 60.8 Å². The zero-order valence-electron chi connectivity index (χ0n) is 27.4. The third kappa shape index (κ3) is 9.47. The zero-order valence-corrected chi connectivity index (χ0v) is 27.4. The molecule has 2 aromatic carbocycles. The Morgan fingerprint density at radius 2 is 1.64 bits per heavy atom. The van der Waals surface area contributed by atoms with Gasteiger partial charge in [0.15, 0.2) is 0 Å². The Kier molecular flexibility index (Phi) is 12.0. The van der Waals surface area contributed by atoms with Crippen LogP contribution in [0.2, 0.25) is 0 Å². The Balaban J connectivity index is 1.87. The molecule has 4 N–H and O–H groups in total. The zero-order chi connectivity index (χ0) is 33.5. The van der Waals surface area contributed by atoms with Gasteiger partial charge in [0.25, 0.3) is 0 Å². The number of aromatic nitrogens is 1. The lowest BCUT2D eigenvalue weighted by Crippen LogP contribution is -2.52. The van der Waals surface area contributed by atoms with Crippen molar-refractivity contribution in [1.29, 1.82) is 0 Å². The van der Waals surface area contributed by atoms with Gasteiger partial charge in [-0.25, -0.2) is 8.78 Å². The molecule has 0 aliphatic carbocycles. The summed E-state index contributed by atoms with van der Waals surface area (Å²) in [5.41, 5.74) is 7.88. The van der Waals surface area contributed by atoms with Gasteiger partial charge in [0.05, 0.1) is 12.1 Å². The molecule has 244 valence electrons. The van der Waals surface area contributed by atoms with Crippen LogP contribution in [0.25, 0.3) is 11.1 Å². The maximum atomic E-state index is 14.9. The standard InChI is InChI=1S/C35H47F2N5O3/c1-22(2)31(38)34(45)40-23(3)33(44)39-16-11-17-42(24(4)43)32(35(5,6)7)30-18-26(28-19-27(36)14-15-29(28)37)21-41(30)20-25-12-9-8-10-13-25/h8-10,12-15,18-19,21-23,31-32H,11,16-17,20,38H2,1-7H3,(H,39,44)(H,40,45)/t23-,31-,32-/m0/s1. The van der Waals surface area contributed by atoms with Crippen LogP contribution in [0.5, 0.6) is 0 Å². The van der Waals surface area contributed by atoms with Crippen molar-refractivity contribution in [2.24, 2.45) is 17.1 Å². The summed E-state index contributed by atoms with van der Waals surface area (Å²) in [6.45, 7) is 13.9. The number of carbonyl (C=O) groups excluding carboxylic acids is 3. The Hall–Kier alpha value is -4.05. The molecule has 0 radical (unpaired) electrons. The first-order valence-electron chi connectivity index (χ1n) is 15.4. The van der Waals surface area contributed by atoms with Crippen LogP contribution < -0.4 is 16.4 Å². The van der Waals surface area contributed by atoms with Crippen LogP contribution in [0, 0.1) is 23.0 Å². The second-order valence-corrected chi connectivity index (χ2v) is 13.0. The van der Waals surface area contributed by atoms with E-state index >= 15 is 0 Å². The number of nitrogens with zero attached hydrogens (tertiary/aromatic N) is 2. The van der Waals surface area contributed by atoms with Gasteiger partial charge in [0.1, 0.15) is 17.7 Å². The lowest BCUT2D eigenvalue weighted by molar-refractivity contribution is -0.134. The fraction of sp³-hybridized carbons (Fsp3) is 0.457. The fourth-order valence-electron chi connectivity index (χ4n) is 5.37. The van der Waals surface area contributed by atoms with Crippen molar-refractivity contribution in [3.05, 3.63) is 83.7 Å². The Morgan fingerprint density at radius 1 is 0.978 bits per heavy atom. The average molecular weight is 624 g/mol. The van der Waals surface area contributed by atoms with Crippen molar-refractivity contribution in [3.63, 3.8) is 0 Å². The highest BCUT2D eigenvalue weighted by Crippen LogP contribution is 2.41. The van der Waals surface area contributed by atoms with Gasteiger partial charge in [-0.1, -0.05) is 65.0 Å². The third-order valence-corrected chi connectivity index (χ3v) is 7.83. The van der Waals surface area contributed by atoms with Crippen LogP contribution in [0.4, 0.5) is 8.78 Å². The van der Waals surface area contributed by atoms with E-state index in [0.29, 0.717) is 25.1 Å². The molecule has 0 saturated carbocycles. The molecule has 45 heavy (non-hydrogen) atoms. The maximum Gasteiger partial charge on any atom is 0.242 e. The minimum atomic E-state index is -0.767. The summed E-state index contributed by atoms with van der Waals surface area (Å²) < 4.78 is 31.1. The van der Waals surface area contributed by atoms with Gasteiger partial charge >= 0.3 is 0 Å². The van der Waals surface area contributed by atoms with Gasteiger partial charge in [-0.15, -0.1) is 0 Å². The summed E-state index contributed by atoms with van der Waals surface area (Å²) in [4.78, 5) is 39.9. The molecule has 0 saturated heterocycles. The average Bonchev–Trinajstić information content (AvgIpc) is 3.37. The van der Waals surface area contributed by atoms with E-state index in [1.165, 1.54) is 13.0 Å². The van der Waals surface area contributed by atoms with E-state index < -0.39 is 35.2 Å². The molecular weight excluding hydrogens is 576 g/mol. The topological polar surface area (TPSA) is 109 Å². The summed E-state index contributed by atoms with van der Waals surface area (Å²) in [5.74, 6) is -2.04. The molecular formula is C35H47F2N5O3. The predicted octanol–water partition coefficient (Wildman–Crippen LogP) is 5.41. The summed E-state index contributed by atoms with van der Waals surface area (Å²) in [6, 6.07) is 13.1. The van der Waals surface area contributed by atoms with Crippen molar-refractivity contribution in [2.75, 3.05) is 13.1 Å². The number of rotatable bonds is 13. The second-order valence-electron chi connectivity index (χ2n) is 13.0. The molecule has 0 fully saturated rings. The fourth-order valence-corrected chi connectivity index (χ4v) is 5.37. The number of nitrogens with one attached hydrogen (secondary N) is 2. The van der Waals surface area contributed by atoms with E-state index in [1.54, 1.807) is 18.0 Å². The minimum absolute atomic E-state index is 0.0636. The lowest BCUT2D eigenvalue weighted by atomic mass is 9.83. The number of hydrogen-bond donors (Lipinski definition) is 3. The van der Waals surface area contributed by atoms with E-state index in [0.717, 1.165) is 23.4 Å². The van der Waals surface area contributed by atoms with Crippen LogP contribution in [-0.4, -0.2) is 52.4 Å². The molecule has 3 aromatic rings. The van der Waals surface area contributed by atoms with Gasteiger partial charge in [-0.05, 0) is 54.5 Å². The molecule has 0 aliphatic heterocycles. The molecule has 0 bridgehead atoms. The smallest absolute Gasteiger partial charge is 0.242 e. The van der Waals surface area contributed by atoms with E-state index in [1.807, 2.05) is 75.6 Å². The first-order valence-corrected chi connectivity index (χ1v) is 15.4. The monoisotopic (exact) mass is 623 g/mol. The third-order valence-electron chi connectivity index (χ3n) is 7.83. The summed E-state index contributed by atoms with van der Waals surface area (Å²) in [5, 5.41) is 5.48. The van der Waals surface area contributed by atoms with Crippen molar-refractivity contribution < 1.29 is 23.2 Å². The van der Waals surface area contributed by atoms with Crippen LogP contribution in [0.1, 0.15) is 72.2 Å². The largest absolute Gasteiger partial charge is 0.354 e. The van der Waals surface area contributed by atoms with Gasteiger partial charge in [-0.3, -0.25) is 14.4 Å². The number of amides is 3. The number of nitrogens with two attached hydrogens (primary N) is 1. The van der Waals surface area contributed by atoms with Gasteiger partial charge < -0.3 is 25.8 Å². The SMILES string of the molecule is CC(=O)N(CCCNC(=O)[C@H](C)NC(=O)[C@@H](N)C(C)C)[C@@H](c1cc(-c2cc(F)ccc2F)cn1Cc1ccccc1)C(C)(C)C. The molecule has 3 amide bonds. The summed E-state index contributed by atoms with van der Waals surface area (Å²) in [6.07, 6.45) is 2.26. The second kappa shape index (κ2) is 15.3. The van der Waals surface area contributed by atoms with E-state index in [-0.39, 0.29) is 35.7 Å².